The lowest BCUT2D eigenvalue weighted by molar-refractivity contribution is 0.109. The summed E-state index contributed by atoms with van der Waals surface area (Å²) in [6.07, 6.45) is 2.62. The molecule has 1 unspecified atom stereocenters. The molecule has 0 amide bonds. The fraction of sp³-hybridized carbons (Fsp3) is 0.150. The number of nitriles is 1. The molecule has 0 radical (unpaired) electrons. The van der Waals surface area contributed by atoms with Crippen LogP contribution < -0.4 is 15.4 Å². The van der Waals surface area contributed by atoms with Crippen molar-refractivity contribution >= 4 is 32.5 Å². The monoisotopic (exact) mass is 424 g/mol. The number of allylic oxidation sites excluding steroid dienone is 1. The van der Waals surface area contributed by atoms with Gasteiger partial charge in [-0.1, -0.05) is 0 Å². The van der Waals surface area contributed by atoms with Gasteiger partial charge in [-0.15, -0.1) is 0 Å². The highest BCUT2D eigenvalue weighted by atomic mass is 79.9. The number of aliphatic imine (C=N–C) groups is 1. The Labute approximate surface area is 165 Å². The van der Waals surface area contributed by atoms with Gasteiger partial charge >= 0.3 is 0 Å². The Morgan fingerprint density at radius 2 is 1.89 bits per heavy atom. The van der Waals surface area contributed by atoms with Gasteiger partial charge in [0.05, 0.1) is 23.5 Å². The van der Waals surface area contributed by atoms with Crippen molar-refractivity contribution < 1.29 is 9.53 Å². The first kappa shape index (κ1) is 18.7. The summed E-state index contributed by atoms with van der Waals surface area (Å²) in [6, 6.07) is 12.7. The zero-order valence-corrected chi connectivity index (χ0v) is 16.4. The molecule has 2 aromatic carbocycles. The van der Waals surface area contributed by atoms with Crippen LogP contribution in [0.5, 0.6) is 5.75 Å². The molecule has 1 heterocycles. The van der Waals surface area contributed by atoms with Crippen LogP contribution in [0.3, 0.4) is 0 Å². The van der Waals surface area contributed by atoms with Crippen molar-refractivity contribution in [2.24, 2.45) is 10.7 Å². The number of ether oxygens (including phenoxy) is 1. The van der Waals surface area contributed by atoms with Crippen LogP contribution >= 0.6 is 15.9 Å². The van der Waals surface area contributed by atoms with Crippen LogP contribution in [0.25, 0.3) is 0 Å². The van der Waals surface area contributed by atoms with E-state index < -0.39 is 6.35 Å². The van der Waals surface area contributed by atoms with Crippen molar-refractivity contribution in [1.82, 2.24) is 0 Å². The number of carbonyl (C=O) groups excluding carboxylic acids is 1. The van der Waals surface area contributed by atoms with Gasteiger partial charge in [0.25, 0.3) is 6.35 Å². The second kappa shape index (κ2) is 7.64. The second-order valence-electron chi connectivity index (χ2n) is 6.13. The van der Waals surface area contributed by atoms with Crippen LogP contribution in [-0.2, 0) is 0 Å². The molecule has 6 nitrogen and oxygen atoms in total. The maximum atomic E-state index is 11.6. The zero-order chi connectivity index (χ0) is 19.6. The summed E-state index contributed by atoms with van der Waals surface area (Å²) in [4.78, 5) is 17.8. The largest absolute Gasteiger partial charge is 0.450 e. The molecule has 2 aromatic rings. The van der Waals surface area contributed by atoms with E-state index in [4.69, 9.17) is 15.7 Å². The fourth-order valence-corrected chi connectivity index (χ4v) is 3.06. The molecule has 0 fully saturated rings. The highest BCUT2D eigenvalue weighted by Crippen LogP contribution is 2.30. The topological polar surface area (TPSA) is 91.7 Å². The van der Waals surface area contributed by atoms with Gasteiger partial charge in [-0.05, 0) is 77.3 Å². The first-order valence-corrected chi connectivity index (χ1v) is 8.95. The Bertz CT molecular complexity index is 967. The lowest BCUT2D eigenvalue weighted by atomic mass is 10.1. The molecule has 0 aromatic heterocycles. The van der Waals surface area contributed by atoms with Crippen molar-refractivity contribution in [3.05, 3.63) is 70.5 Å². The predicted octanol–water partition coefficient (Wildman–Crippen LogP) is 3.76. The third kappa shape index (κ3) is 4.01. The van der Waals surface area contributed by atoms with Crippen molar-refractivity contribution in [1.29, 1.82) is 5.26 Å². The van der Waals surface area contributed by atoms with Gasteiger partial charge in [-0.2, -0.15) is 5.26 Å². The van der Waals surface area contributed by atoms with Gasteiger partial charge in [0.2, 0.25) is 4.69 Å². The highest BCUT2D eigenvalue weighted by molar-refractivity contribution is 9.18. The number of hydrogen-bond donors (Lipinski definition) is 1. The number of anilines is 1. The lowest BCUT2D eigenvalue weighted by Crippen LogP contribution is -2.38. The molecular weight excluding hydrogens is 408 g/mol. The number of aryl methyl sites for hydroxylation is 2. The van der Waals surface area contributed by atoms with Crippen molar-refractivity contribution in [2.75, 3.05) is 4.90 Å². The third-order valence-electron chi connectivity index (χ3n) is 4.08. The molecule has 0 saturated heterocycles. The molecule has 1 aliphatic rings. The minimum absolute atomic E-state index is 0.175. The zero-order valence-electron chi connectivity index (χ0n) is 14.8. The summed E-state index contributed by atoms with van der Waals surface area (Å²) in [6.45, 7) is 3.76. The minimum Gasteiger partial charge on any atom is -0.450 e. The molecule has 0 saturated carbocycles. The van der Waals surface area contributed by atoms with Crippen LogP contribution in [-0.4, -0.2) is 17.3 Å². The molecule has 0 spiro atoms. The summed E-state index contributed by atoms with van der Waals surface area (Å²) in [7, 11) is 0. The Morgan fingerprint density at radius 1 is 1.26 bits per heavy atom. The summed E-state index contributed by atoms with van der Waals surface area (Å²) < 4.78 is 5.98. The van der Waals surface area contributed by atoms with Gasteiger partial charge in [0.15, 0.2) is 0 Å². The number of hydrogen-bond acceptors (Lipinski definition) is 6. The average molecular weight is 425 g/mol. The quantitative estimate of drug-likeness (QED) is 0.754. The normalized spacial score (nSPS) is 15.9. The summed E-state index contributed by atoms with van der Waals surface area (Å²) in [5.41, 5.74) is 9.98. The summed E-state index contributed by atoms with van der Waals surface area (Å²) >= 11 is 2.98. The lowest BCUT2D eigenvalue weighted by Gasteiger charge is -2.31. The Hall–Kier alpha value is -3.11. The Balaban J connectivity index is 1.94. The first-order chi connectivity index (χ1) is 12.9. The third-order valence-corrected chi connectivity index (χ3v) is 4.54. The number of rotatable bonds is 4. The first-order valence-electron chi connectivity index (χ1n) is 8.16. The van der Waals surface area contributed by atoms with E-state index in [1.807, 2.05) is 26.0 Å². The van der Waals surface area contributed by atoms with Crippen LogP contribution in [0.4, 0.5) is 5.69 Å². The SMILES string of the molecule is Cc1cc(C(=O)Br)cc(C)c1OC1N=CC(N)=CN1c1ccc(C#N)cc1. The fourth-order valence-electron chi connectivity index (χ4n) is 2.83. The van der Waals surface area contributed by atoms with Gasteiger partial charge in [-0.25, -0.2) is 4.99 Å². The molecular formula is C20H17BrN4O2. The summed E-state index contributed by atoms with van der Waals surface area (Å²) in [5.74, 6) is 0.655. The van der Waals surface area contributed by atoms with Crippen molar-refractivity contribution in [3.8, 4) is 11.8 Å². The second-order valence-corrected chi connectivity index (χ2v) is 6.85. The van der Waals surface area contributed by atoms with Gasteiger partial charge < -0.3 is 10.5 Å². The van der Waals surface area contributed by atoms with Crippen LogP contribution in [0.2, 0.25) is 0 Å². The average Bonchev–Trinajstić information content (AvgIpc) is 2.65. The Morgan fingerprint density at radius 3 is 2.44 bits per heavy atom. The molecule has 0 bridgehead atoms. The van der Waals surface area contributed by atoms with E-state index in [1.54, 1.807) is 41.6 Å². The molecule has 3 rings (SSSR count). The minimum atomic E-state index is -0.659. The van der Waals surface area contributed by atoms with Crippen LogP contribution in [0.15, 0.2) is 53.3 Å². The van der Waals surface area contributed by atoms with Crippen LogP contribution in [0, 0.1) is 25.2 Å². The van der Waals surface area contributed by atoms with Crippen molar-refractivity contribution in [3.63, 3.8) is 0 Å². The van der Waals surface area contributed by atoms with E-state index in [2.05, 4.69) is 27.0 Å². The van der Waals surface area contributed by atoms with Gasteiger partial charge in [0.1, 0.15) is 5.75 Å². The highest BCUT2D eigenvalue weighted by Gasteiger charge is 2.23. The molecule has 136 valence electrons. The molecule has 27 heavy (non-hydrogen) atoms. The maximum Gasteiger partial charge on any atom is 0.274 e. The van der Waals surface area contributed by atoms with Crippen molar-refractivity contribution in [2.45, 2.75) is 20.2 Å². The predicted molar refractivity (Wildman–Crippen MR) is 108 cm³/mol. The van der Waals surface area contributed by atoms with E-state index in [1.165, 1.54) is 0 Å². The van der Waals surface area contributed by atoms with E-state index in [0.717, 1.165) is 16.8 Å². The molecule has 1 aliphatic heterocycles. The van der Waals surface area contributed by atoms with Gasteiger partial charge in [-0.3, -0.25) is 9.69 Å². The summed E-state index contributed by atoms with van der Waals surface area (Å²) in [5, 5.41) is 8.98. The van der Waals surface area contributed by atoms with Gasteiger partial charge in [0, 0.05) is 17.5 Å². The van der Waals surface area contributed by atoms with E-state index in [9.17, 15) is 4.79 Å². The number of halogens is 1. The number of carbonyl (C=O) groups is 1. The molecule has 2 N–H and O–H groups in total. The molecule has 1 atom stereocenters. The smallest absolute Gasteiger partial charge is 0.274 e. The van der Waals surface area contributed by atoms with Crippen LogP contribution in [0.1, 0.15) is 27.0 Å². The number of nitrogens with two attached hydrogens (primary N) is 1. The Kier molecular flexibility index (Phi) is 5.28. The molecule has 0 aliphatic carbocycles. The van der Waals surface area contributed by atoms with E-state index in [0.29, 0.717) is 22.6 Å². The molecule has 7 heteroatoms. The standard InChI is InChI=1S/C20H17BrN4O2/c1-12-7-15(19(21)26)8-13(2)18(12)27-20-24-10-16(23)11-25(20)17-5-3-14(9-22)4-6-17/h3-8,10-11,20H,23H2,1-2H3. The van der Waals surface area contributed by atoms with E-state index >= 15 is 0 Å². The maximum absolute atomic E-state index is 11.6. The number of benzene rings is 2. The number of nitrogens with zero attached hydrogens (tertiary/aromatic N) is 3. The van der Waals surface area contributed by atoms with E-state index in [-0.39, 0.29) is 4.69 Å².